The molecule has 27 heavy (non-hydrogen) atoms. The molecule has 5 rings (SSSR count). The molecule has 0 bridgehead atoms. The van der Waals surface area contributed by atoms with Crippen molar-refractivity contribution >= 4 is 5.69 Å². The first kappa shape index (κ1) is 16.3. The maximum absolute atomic E-state index is 6.29. The van der Waals surface area contributed by atoms with Crippen LogP contribution in [-0.4, -0.2) is 32.8 Å². The smallest absolute Gasteiger partial charge is 0.237 e. The summed E-state index contributed by atoms with van der Waals surface area (Å²) in [5.41, 5.74) is 4.61. The lowest BCUT2D eigenvalue weighted by atomic mass is 9.93. The minimum absolute atomic E-state index is 0.517. The zero-order valence-electron chi connectivity index (χ0n) is 15.7. The molecule has 3 aromatic rings. The molecule has 138 valence electrons. The summed E-state index contributed by atoms with van der Waals surface area (Å²) in [6.07, 6.45) is 13.6. The van der Waals surface area contributed by atoms with Crippen LogP contribution < -0.4 is 9.64 Å². The van der Waals surface area contributed by atoms with Gasteiger partial charge in [0.25, 0.3) is 0 Å². The topological polar surface area (TPSA) is 56.1 Å². The summed E-state index contributed by atoms with van der Waals surface area (Å²) in [7, 11) is 2.15. The summed E-state index contributed by atoms with van der Waals surface area (Å²) in [4.78, 5) is 10.8. The molecule has 0 N–H and O–H groups in total. The Morgan fingerprint density at radius 1 is 1.11 bits per heavy atom. The number of aromatic nitrogens is 4. The van der Waals surface area contributed by atoms with Crippen molar-refractivity contribution in [1.29, 1.82) is 0 Å². The molecule has 1 aromatic carbocycles. The van der Waals surface area contributed by atoms with Gasteiger partial charge in [0.15, 0.2) is 0 Å². The number of fused-ring (bicyclic) bond motifs is 1. The Bertz CT molecular complexity index is 964. The highest BCUT2D eigenvalue weighted by molar-refractivity contribution is 5.77. The van der Waals surface area contributed by atoms with Crippen molar-refractivity contribution in [2.75, 3.05) is 11.9 Å². The molecule has 1 aliphatic carbocycles. The van der Waals surface area contributed by atoms with Crippen molar-refractivity contribution in [2.45, 2.75) is 44.7 Å². The van der Waals surface area contributed by atoms with Crippen LogP contribution in [-0.2, 0) is 6.42 Å². The molecule has 3 heterocycles. The highest BCUT2D eigenvalue weighted by atomic mass is 16.5. The van der Waals surface area contributed by atoms with Crippen molar-refractivity contribution in [3.63, 3.8) is 0 Å². The summed E-state index contributed by atoms with van der Waals surface area (Å²) in [6.45, 7) is 2.26. The molecule has 0 unspecified atom stereocenters. The third kappa shape index (κ3) is 2.95. The number of nitrogens with zero attached hydrogens (tertiary/aromatic N) is 5. The van der Waals surface area contributed by atoms with Gasteiger partial charge in [-0.3, -0.25) is 9.67 Å². The van der Waals surface area contributed by atoms with Crippen LogP contribution in [0.5, 0.6) is 11.6 Å². The summed E-state index contributed by atoms with van der Waals surface area (Å²) >= 11 is 0. The van der Waals surface area contributed by atoms with Gasteiger partial charge in [0.1, 0.15) is 5.75 Å². The van der Waals surface area contributed by atoms with Crippen LogP contribution in [0.2, 0.25) is 0 Å². The zero-order valence-corrected chi connectivity index (χ0v) is 15.7. The standard InChI is InChI=1S/C21H23N5O/c1-14-3-6-18-19(25(14)2)8-7-17(15-11-24-26(13-15)16-4-5-16)21(18)27-20-12-22-9-10-23-20/h7-14,16H,3-6H2,1-2H3/t14-/m0/s1. The maximum Gasteiger partial charge on any atom is 0.237 e. The molecule has 6 nitrogen and oxygen atoms in total. The second-order valence-electron chi connectivity index (χ2n) is 7.52. The van der Waals surface area contributed by atoms with Gasteiger partial charge in [-0.05, 0) is 44.7 Å². The fraction of sp³-hybridized carbons (Fsp3) is 0.381. The van der Waals surface area contributed by atoms with E-state index < -0.39 is 0 Å². The Kier molecular flexibility index (Phi) is 3.85. The third-order valence-corrected chi connectivity index (χ3v) is 5.67. The summed E-state index contributed by atoms with van der Waals surface area (Å²) < 4.78 is 8.37. The van der Waals surface area contributed by atoms with Gasteiger partial charge in [-0.15, -0.1) is 0 Å². The van der Waals surface area contributed by atoms with E-state index in [4.69, 9.17) is 4.74 Å². The molecule has 0 amide bonds. The van der Waals surface area contributed by atoms with Crippen LogP contribution in [0.1, 0.15) is 37.8 Å². The largest absolute Gasteiger partial charge is 0.436 e. The predicted octanol–water partition coefficient (Wildman–Crippen LogP) is 4.24. The van der Waals surface area contributed by atoms with Crippen LogP contribution in [0.25, 0.3) is 11.1 Å². The van der Waals surface area contributed by atoms with Gasteiger partial charge < -0.3 is 9.64 Å². The van der Waals surface area contributed by atoms with Crippen LogP contribution in [0.4, 0.5) is 5.69 Å². The molecule has 1 aliphatic heterocycles. The molecule has 2 aromatic heterocycles. The summed E-state index contributed by atoms with van der Waals surface area (Å²) in [5, 5.41) is 4.56. The lowest BCUT2D eigenvalue weighted by Gasteiger charge is -2.35. The SMILES string of the molecule is C[C@H]1CCc2c(ccc(-c3cnn(C4CC4)c3)c2Oc2cnccn2)N1C. The van der Waals surface area contributed by atoms with Gasteiger partial charge in [0, 0.05) is 54.1 Å². The molecule has 0 radical (unpaired) electrons. The molecular formula is C21H23N5O. The summed E-state index contributed by atoms with van der Waals surface area (Å²) in [5.74, 6) is 1.39. The Hall–Kier alpha value is -2.89. The Labute approximate surface area is 158 Å². The van der Waals surface area contributed by atoms with Gasteiger partial charge in [-0.2, -0.15) is 5.10 Å². The second-order valence-corrected chi connectivity index (χ2v) is 7.52. The van der Waals surface area contributed by atoms with E-state index >= 15 is 0 Å². The number of hydrogen-bond donors (Lipinski definition) is 0. The van der Waals surface area contributed by atoms with Crippen molar-refractivity contribution in [2.24, 2.45) is 0 Å². The maximum atomic E-state index is 6.29. The number of ether oxygens (including phenoxy) is 1. The average Bonchev–Trinajstić information content (AvgIpc) is 3.43. The normalized spacial score (nSPS) is 19.0. The Balaban J connectivity index is 1.63. The Morgan fingerprint density at radius 3 is 2.78 bits per heavy atom. The fourth-order valence-corrected chi connectivity index (χ4v) is 3.78. The molecule has 1 atom stereocenters. The van der Waals surface area contributed by atoms with E-state index in [0.29, 0.717) is 18.0 Å². The first-order chi connectivity index (χ1) is 13.2. The molecule has 0 spiro atoms. The van der Waals surface area contributed by atoms with Crippen LogP contribution in [0.15, 0.2) is 43.1 Å². The molecular weight excluding hydrogens is 338 g/mol. The second kappa shape index (κ2) is 6.37. The molecule has 6 heteroatoms. The highest BCUT2D eigenvalue weighted by Crippen LogP contribution is 2.44. The molecule has 0 saturated heterocycles. The van der Waals surface area contributed by atoms with E-state index in [1.54, 1.807) is 18.6 Å². The minimum Gasteiger partial charge on any atom is -0.436 e. The monoisotopic (exact) mass is 361 g/mol. The molecule has 1 saturated carbocycles. The lowest BCUT2D eigenvalue weighted by molar-refractivity contribution is 0.450. The number of rotatable bonds is 4. The van der Waals surface area contributed by atoms with Gasteiger partial charge in [0.2, 0.25) is 5.88 Å². The number of hydrogen-bond acceptors (Lipinski definition) is 5. The minimum atomic E-state index is 0.517. The van der Waals surface area contributed by atoms with Crippen molar-refractivity contribution in [3.05, 3.63) is 48.7 Å². The summed E-state index contributed by atoms with van der Waals surface area (Å²) in [6, 6.07) is 5.43. The fourth-order valence-electron chi connectivity index (χ4n) is 3.78. The van der Waals surface area contributed by atoms with E-state index in [9.17, 15) is 0 Å². The first-order valence-corrected chi connectivity index (χ1v) is 9.58. The van der Waals surface area contributed by atoms with Gasteiger partial charge in [0.05, 0.1) is 18.4 Å². The van der Waals surface area contributed by atoms with Crippen LogP contribution in [0, 0.1) is 0 Å². The van der Waals surface area contributed by atoms with E-state index in [1.807, 2.05) is 6.20 Å². The van der Waals surface area contributed by atoms with E-state index in [1.165, 1.54) is 24.1 Å². The van der Waals surface area contributed by atoms with E-state index in [0.717, 1.165) is 29.7 Å². The lowest BCUT2D eigenvalue weighted by Crippen LogP contribution is -2.33. The quantitative estimate of drug-likeness (QED) is 0.696. The van der Waals surface area contributed by atoms with Gasteiger partial charge in [-0.1, -0.05) is 0 Å². The average molecular weight is 361 g/mol. The molecule has 2 aliphatic rings. The van der Waals surface area contributed by atoms with Crippen molar-refractivity contribution in [3.8, 4) is 22.8 Å². The van der Waals surface area contributed by atoms with Crippen molar-refractivity contribution < 1.29 is 4.74 Å². The number of anilines is 1. The molecule has 1 fully saturated rings. The Morgan fingerprint density at radius 2 is 2.00 bits per heavy atom. The zero-order chi connectivity index (χ0) is 18.4. The predicted molar refractivity (Wildman–Crippen MR) is 104 cm³/mol. The van der Waals surface area contributed by atoms with E-state index in [2.05, 4.69) is 56.9 Å². The van der Waals surface area contributed by atoms with Crippen LogP contribution >= 0.6 is 0 Å². The highest BCUT2D eigenvalue weighted by Gasteiger charge is 2.28. The van der Waals surface area contributed by atoms with Crippen molar-refractivity contribution in [1.82, 2.24) is 19.7 Å². The van der Waals surface area contributed by atoms with Crippen LogP contribution in [0.3, 0.4) is 0 Å². The third-order valence-electron chi connectivity index (χ3n) is 5.67. The van der Waals surface area contributed by atoms with Gasteiger partial charge in [-0.25, -0.2) is 4.98 Å². The van der Waals surface area contributed by atoms with Gasteiger partial charge >= 0.3 is 0 Å². The first-order valence-electron chi connectivity index (χ1n) is 9.58. The van der Waals surface area contributed by atoms with E-state index in [-0.39, 0.29) is 0 Å². The number of benzene rings is 1.